The summed E-state index contributed by atoms with van der Waals surface area (Å²) in [5.74, 6) is 2.79. The minimum Gasteiger partial charge on any atom is -0.240 e. The summed E-state index contributed by atoms with van der Waals surface area (Å²) < 4.78 is 0. The Morgan fingerprint density at radius 3 is 2.12 bits per heavy atom. The second kappa shape index (κ2) is 11.2. The van der Waals surface area contributed by atoms with Crippen LogP contribution in [-0.4, -0.2) is 16.5 Å². The number of hydrogen-bond donors (Lipinski definition) is 0. The Kier molecular flexibility index (Phi) is 7.90. The van der Waals surface area contributed by atoms with Crippen molar-refractivity contribution in [3.05, 3.63) is 107 Å². The predicted octanol–water partition coefficient (Wildman–Crippen LogP) is 7.97. The third kappa shape index (κ3) is 5.75. The normalized spacial score (nSPS) is 10.6. The molecule has 1 aromatic heterocycles. The van der Waals surface area contributed by atoms with Gasteiger partial charge in [0.05, 0.1) is 11.3 Å². The van der Waals surface area contributed by atoms with Crippen molar-refractivity contribution in [3.8, 4) is 28.5 Å². The number of nitriles is 1. The first-order valence-electron chi connectivity index (χ1n) is 10.3. The molecule has 158 valence electrons. The van der Waals surface area contributed by atoms with Gasteiger partial charge in [-0.05, 0) is 29.3 Å². The van der Waals surface area contributed by atoms with E-state index < -0.39 is 0 Å². The summed E-state index contributed by atoms with van der Waals surface area (Å²) in [5.41, 5.74) is 5.80. The highest BCUT2D eigenvalue weighted by Crippen LogP contribution is 2.34. The molecule has 0 aliphatic carbocycles. The molecule has 3 aromatic carbocycles. The summed E-state index contributed by atoms with van der Waals surface area (Å²) in [4.78, 5) is 4.88. The van der Waals surface area contributed by atoms with Crippen LogP contribution in [0.15, 0.2) is 96.0 Å². The van der Waals surface area contributed by atoms with Crippen molar-refractivity contribution in [1.29, 1.82) is 5.26 Å². The average molecular weight is 473 g/mol. The van der Waals surface area contributed by atoms with Crippen molar-refractivity contribution in [1.82, 2.24) is 4.98 Å². The van der Waals surface area contributed by atoms with E-state index in [1.54, 1.807) is 11.8 Å². The molecule has 32 heavy (non-hydrogen) atoms. The van der Waals surface area contributed by atoms with Crippen molar-refractivity contribution >= 4 is 35.1 Å². The molecule has 0 aliphatic rings. The highest BCUT2D eigenvalue weighted by molar-refractivity contribution is 8.02. The molecule has 2 nitrogen and oxygen atoms in total. The molecule has 0 radical (unpaired) electrons. The zero-order valence-corrected chi connectivity index (χ0v) is 19.8. The van der Waals surface area contributed by atoms with E-state index >= 15 is 0 Å². The van der Waals surface area contributed by atoms with Crippen LogP contribution in [0.2, 0.25) is 5.02 Å². The molecule has 5 heteroatoms. The highest BCUT2D eigenvalue weighted by atomic mass is 35.5. The third-order valence-electron chi connectivity index (χ3n) is 4.90. The van der Waals surface area contributed by atoms with E-state index in [1.165, 1.54) is 5.56 Å². The average Bonchev–Trinajstić information content (AvgIpc) is 2.85. The number of rotatable bonds is 8. The van der Waals surface area contributed by atoms with E-state index in [9.17, 15) is 5.26 Å². The molecule has 0 bridgehead atoms. The van der Waals surface area contributed by atoms with E-state index in [-0.39, 0.29) is 0 Å². The van der Waals surface area contributed by atoms with Gasteiger partial charge in [0.15, 0.2) is 0 Å². The van der Waals surface area contributed by atoms with E-state index in [0.717, 1.165) is 49.7 Å². The molecule has 0 amide bonds. The van der Waals surface area contributed by atoms with Crippen molar-refractivity contribution < 1.29 is 0 Å². The summed E-state index contributed by atoms with van der Waals surface area (Å²) >= 11 is 9.49. The lowest BCUT2D eigenvalue weighted by Crippen LogP contribution is -1.97. The topological polar surface area (TPSA) is 36.7 Å². The maximum atomic E-state index is 9.98. The number of halogens is 1. The van der Waals surface area contributed by atoms with E-state index in [0.29, 0.717) is 5.56 Å². The van der Waals surface area contributed by atoms with E-state index in [4.69, 9.17) is 16.6 Å². The molecule has 0 saturated heterocycles. The Morgan fingerprint density at radius 1 is 0.812 bits per heavy atom. The molecule has 0 aliphatic heterocycles. The summed E-state index contributed by atoms with van der Waals surface area (Å²) in [7, 11) is 0. The van der Waals surface area contributed by atoms with Crippen molar-refractivity contribution in [3.63, 3.8) is 0 Å². The van der Waals surface area contributed by atoms with Crippen LogP contribution in [0.3, 0.4) is 0 Å². The Morgan fingerprint density at radius 2 is 1.47 bits per heavy atom. The zero-order chi connectivity index (χ0) is 22.2. The third-order valence-corrected chi connectivity index (χ3v) is 7.42. The largest absolute Gasteiger partial charge is 0.240 e. The lowest BCUT2D eigenvalue weighted by atomic mass is 9.99. The number of hydrogen-bond acceptors (Lipinski definition) is 4. The molecule has 0 N–H and O–H groups in total. The van der Waals surface area contributed by atoms with Crippen LogP contribution < -0.4 is 0 Å². The van der Waals surface area contributed by atoms with Crippen LogP contribution in [0.4, 0.5) is 0 Å². The molecule has 0 saturated carbocycles. The molecule has 4 aromatic rings. The molecule has 1 heterocycles. The second-order valence-corrected chi connectivity index (χ2v) is 9.73. The summed E-state index contributed by atoms with van der Waals surface area (Å²) in [5, 5.41) is 11.5. The maximum Gasteiger partial charge on any atom is 0.115 e. The molecule has 0 spiro atoms. The predicted molar refractivity (Wildman–Crippen MR) is 138 cm³/mol. The van der Waals surface area contributed by atoms with Gasteiger partial charge in [-0.2, -0.15) is 17.0 Å². The number of thioether (sulfide) groups is 2. The molecule has 0 fully saturated rings. The standard InChI is InChI=1S/C27H21ClN2S2/c28-23-13-11-20(12-14-23)19-31-15-16-32-27-25(18-29)24(21-7-3-1-4-8-21)17-26(30-27)22-9-5-2-6-10-22/h1-14,17H,15-16,19H2. The fraction of sp³-hybridized carbons (Fsp3) is 0.111. The smallest absolute Gasteiger partial charge is 0.115 e. The molecule has 0 atom stereocenters. The van der Waals surface area contributed by atoms with Crippen molar-refractivity contribution in [2.45, 2.75) is 10.8 Å². The Hall–Kier alpha value is -2.71. The van der Waals surface area contributed by atoms with Gasteiger partial charge in [-0.3, -0.25) is 0 Å². The van der Waals surface area contributed by atoms with Gasteiger partial charge >= 0.3 is 0 Å². The monoisotopic (exact) mass is 472 g/mol. The van der Waals surface area contributed by atoms with E-state index in [2.05, 4.69) is 30.3 Å². The number of nitrogens with zero attached hydrogens (tertiary/aromatic N) is 2. The highest BCUT2D eigenvalue weighted by Gasteiger charge is 2.15. The minimum absolute atomic E-state index is 0.642. The first-order valence-corrected chi connectivity index (χ1v) is 12.8. The number of benzene rings is 3. The fourth-order valence-electron chi connectivity index (χ4n) is 3.30. The number of pyridine rings is 1. The van der Waals surface area contributed by atoms with E-state index in [1.807, 2.05) is 78.5 Å². The van der Waals surface area contributed by atoms with Crippen LogP contribution in [0.1, 0.15) is 11.1 Å². The maximum absolute atomic E-state index is 9.98. The SMILES string of the molecule is N#Cc1c(-c2ccccc2)cc(-c2ccccc2)nc1SCCSCc1ccc(Cl)cc1. The fourth-order valence-corrected chi connectivity index (χ4v) is 5.46. The van der Waals surface area contributed by atoms with Crippen molar-refractivity contribution in [2.24, 2.45) is 0 Å². The quantitative estimate of drug-likeness (QED) is 0.192. The van der Waals surface area contributed by atoms with Crippen LogP contribution in [0.25, 0.3) is 22.4 Å². The van der Waals surface area contributed by atoms with Gasteiger partial charge in [0.1, 0.15) is 11.1 Å². The summed E-state index contributed by atoms with van der Waals surface area (Å²) in [6.45, 7) is 0. The van der Waals surface area contributed by atoms with Gasteiger partial charge in [-0.25, -0.2) is 4.98 Å². The molecule has 4 rings (SSSR count). The first kappa shape index (κ1) is 22.5. The van der Waals surface area contributed by atoms with Gasteiger partial charge in [0.2, 0.25) is 0 Å². The zero-order valence-electron chi connectivity index (χ0n) is 17.4. The lowest BCUT2D eigenvalue weighted by Gasteiger charge is -2.12. The Bertz CT molecular complexity index is 1200. The second-order valence-electron chi connectivity index (χ2n) is 7.11. The van der Waals surface area contributed by atoms with Crippen LogP contribution in [-0.2, 0) is 5.75 Å². The lowest BCUT2D eigenvalue weighted by molar-refractivity contribution is 1.12. The van der Waals surface area contributed by atoms with Crippen molar-refractivity contribution in [2.75, 3.05) is 11.5 Å². The Labute approximate surface area is 202 Å². The molecular weight excluding hydrogens is 452 g/mol. The van der Waals surface area contributed by atoms with Gasteiger partial charge < -0.3 is 0 Å². The molecular formula is C27H21ClN2S2. The van der Waals surface area contributed by atoms with Crippen LogP contribution in [0, 0.1) is 11.3 Å². The van der Waals surface area contributed by atoms with Gasteiger partial charge in [-0.1, -0.05) is 84.4 Å². The van der Waals surface area contributed by atoms with Gasteiger partial charge in [0, 0.05) is 33.4 Å². The minimum atomic E-state index is 0.642. The first-order chi connectivity index (χ1) is 15.7. The summed E-state index contributed by atoms with van der Waals surface area (Å²) in [6, 6.07) is 32.6. The van der Waals surface area contributed by atoms with Gasteiger partial charge in [0.25, 0.3) is 0 Å². The van der Waals surface area contributed by atoms with Crippen LogP contribution >= 0.6 is 35.1 Å². The summed E-state index contributed by atoms with van der Waals surface area (Å²) in [6.07, 6.45) is 0. The van der Waals surface area contributed by atoms with Gasteiger partial charge in [-0.15, -0.1) is 11.8 Å². The molecule has 0 unspecified atom stereocenters. The number of aromatic nitrogens is 1. The van der Waals surface area contributed by atoms with Crippen LogP contribution in [0.5, 0.6) is 0 Å². The Balaban J connectivity index is 1.54.